The van der Waals surface area contributed by atoms with E-state index in [4.69, 9.17) is 11.6 Å². The van der Waals surface area contributed by atoms with Gasteiger partial charge >= 0.3 is 0 Å². The van der Waals surface area contributed by atoms with Gasteiger partial charge in [0.15, 0.2) is 0 Å². The van der Waals surface area contributed by atoms with Gasteiger partial charge < -0.3 is 10.4 Å². The standard InChI is InChI=1S/C13H20ClNO.ClH/c1-13(2,3)15-12(9-16)8-10-5-4-6-11(14)7-10;/h4-7,12,15-16H,8-9H2,1-3H3;1H/t12-;/m1./s1. The Balaban J connectivity index is 0.00000256. The van der Waals surface area contributed by atoms with Crippen molar-refractivity contribution in [3.8, 4) is 0 Å². The van der Waals surface area contributed by atoms with Gasteiger partial charge in [0.25, 0.3) is 0 Å². The van der Waals surface area contributed by atoms with Crippen LogP contribution in [0, 0.1) is 0 Å². The zero-order valence-corrected chi connectivity index (χ0v) is 12.1. The van der Waals surface area contributed by atoms with Crippen LogP contribution < -0.4 is 5.32 Å². The van der Waals surface area contributed by atoms with Crippen molar-refractivity contribution in [1.82, 2.24) is 5.32 Å². The Bertz CT molecular complexity index is 336. The average Bonchev–Trinajstić information content (AvgIpc) is 2.14. The predicted molar refractivity (Wildman–Crippen MR) is 76.2 cm³/mol. The highest BCUT2D eigenvalue weighted by atomic mass is 35.5. The summed E-state index contributed by atoms with van der Waals surface area (Å²) >= 11 is 5.92. The first-order valence-electron chi connectivity index (χ1n) is 5.54. The first-order valence-corrected chi connectivity index (χ1v) is 5.91. The maximum absolute atomic E-state index is 9.32. The second kappa shape index (κ2) is 7.22. The molecule has 0 spiro atoms. The van der Waals surface area contributed by atoms with Crippen molar-refractivity contribution in [3.63, 3.8) is 0 Å². The monoisotopic (exact) mass is 277 g/mol. The Morgan fingerprint density at radius 1 is 1.35 bits per heavy atom. The molecule has 17 heavy (non-hydrogen) atoms. The van der Waals surface area contributed by atoms with Crippen molar-refractivity contribution in [3.05, 3.63) is 34.9 Å². The number of halogens is 2. The fourth-order valence-corrected chi connectivity index (χ4v) is 1.93. The summed E-state index contributed by atoms with van der Waals surface area (Å²) in [6, 6.07) is 7.82. The molecule has 0 aliphatic carbocycles. The van der Waals surface area contributed by atoms with Gasteiger partial charge in [-0.3, -0.25) is 0 Å². The Labute approximate surface area is 115 Å². The van der Waals surface area contributed by atoms with Crippen LogP contribution in [0.4, 0.5) is 0 Å². The molecule has 0 saturated heterocycles. The zero-order valence-electron chi connectivity index (χ0n) is 10.5. The molecule has 1 aromatic rings. The summed E-state index contributed by atoms with van der Waals surface area (Å²) in [7, 11) is 0. The van der Waals surface area contributed by atoms with Gasteiger partial charge in [-0.15, -0.1) is 12.4 Å². The molecule has 1 atom stereocenters. The first kappa shape index (κ1) is 16.7. The Hall–Kier alpha value is -0.280. The van der Waals surface area contributed by atoms with Crippen LogP contribution in [0.1, 0.15) is 26.3 Å². The second-order valence-corrected chi connectivity index (χ2v) is 5.54. The van der Waals surface area contributed by atoms with Crippen molar-refractivity contribution in [2.75, 3.05) is 6.61 Å². The number of nitrogens with one attached hydrogen (secondary N) is 1. The fraction of sp³-hybridized carbons (Fsp3) is 0.538. The number of aliphatic hydroxyl groups is 1. The molecular formula is C13H21Cl2NO. The molecule has 0 fully saturated rings. The molecule has 0 unspecified atom stereocenters. The number of hydrogen-bond donors (Lipinski definition) is 2. The summed E-state index contributed by atoms with van der Waals surface area (Å²) < 4.78 is 0. The van der Waals surface area contributed by atoms with E-state index >= 15 is 0 Å². The van der Waals surface area contributed by atoms with Crippen LogP contribution in [0.15, 0.2) is 24.3 Å². The first-order chi connectivity index (χ1) is 7.40. The van der Waals surface area contributed by atoms with Crippen LogP contribution in [-0.2, 0) is 6.42 Å². The van der Waals surface area contributed by atoms with Crippen molar-refractivity contribution < 1.29 is 5.11 Å². The topological polar surface area (TPSA) is 32.3 Å². The summed E-state index contributed by atoms with van der Waals surface area (Å²) in [5, 5.41) is 13.4. The van der Waals surface area contributed by atoms with Crippen molar-refractivity contribution >= 4 is 24.0 Å². The maximum Gasteiger partial charge on any atom is 0.0588 e. The van der Waals surface area contributed by atoms with E-state index in [2.05, 4.69) is 26.1 Å². The molecule has 0 radical (unpaired) electrons. The van der Waals surface area contributed by atoms with E-state index in [1.807, 2.05) is 24.3 Å². The van der Waals surface area contributed by atoms with Gasteiger partial charge in [-0.1, -0.05) is 23.7 Å². The summed E-state index contributed by atoms with van der Waals surface area (Å²) in [5.74, 6) is 0. The highest BCUT2D eigenvalue weighted by Gasteiger charge is 2.16. The highest BCUT2D eigenvalue weighted by Crippen LogP contribution is 2.13. The fourth-order valence-electron chi connectivity index (χ4n) is 1.72. The third kappa shape index (κ3) is 6.89. The van der Waals surface area contributed by atoms with E-state index in [0.717, 1.165) is 17.0 Å². The molecule has 2 N–H and O–H groups in total. The van der Waals surface area contributed by atoms with Gasteiger partial charge in [-0.25, -0.2) is 0 Å². The van der Waals surface area contributed by atoms with E-state index in [-0.39, 0.29) is 30.6 Å². The number of benzene rings is 1. The van der Waals surface area contributed by atoms with E-state index in [0.29, 0.717) is 0 Å². The maximum atomic E-state index is 9.32. The predicted octanol–water partition coefficient (Wildman–Crippen LogP) is 3.05. The largest absolute Gasteiger partial charge is 0.395 e. The quantitative estimate of drug-likeness (QED) is 0.887. The smallest absolute Gasteiger partial charge is 0.0588 e. The van der Waals surface area contributed by atoms with Gasteiger partial charge in [-0.05, 0) is 44.9 Å². The SMILES string of the molecule is CC(C)(C)N[C@@H](CO)Cc1cccc(Cl)c1.Cl. The van der Waals surface area contributed by atoms with Crippen LogP contribution in [0.25, 0.3) is 0 Å². The van der Waals surface area contributed by atoms with Gasteiger partial charge in [0.1, 0.15) is 0 Å². The number of rotatable bonds is 4. The van der Waals surface area contributed by atoms with Crippen molar-refractivity contribution in [1.29, 1.82) is 0 Å². The van der Waals surface area contributed by atoms with Crippen LogP contribution in [-0.4, -0.2) is 23.3 Å². The second-order valence-electron chi connectivity index (χ2n) is 5.11. The molecule has 1 rings (SSSR count). The van der Waals surface area contributed by atoms with Crippen molar-refractivity contribution in [2.24, 2.45) is 0 Å². The zero-order chi connectivity index (χ0) is 12.2. The van der Waals surface area contributed by atoms with E-state index in [1.54, 1.807) is 0 Å². The van der Waals surface area contributed by atoms with Crippen LogP contribution >= 0.6 is 24.0 Å². The third-order valence-corrected chi connectivity index (χ3v) is 2.46. The molecular weight excluding hydrogens is 257 g/mol. The lowest BCUT2D eigenvalue weighted by molar-refractivity contribution is 0.215. The lowest BCUT2D eigenvalue weighted by Crippen LogP contribution is -2.46. The molecule has 0 aliphatic heterocycles. The minimum Gasteiger partial charge on any atom is -0.395 e. The molecule has 0 aromatic heterocycles. The Kier molecular flexibility index (Phi) is 7.10. The third-order valence-electron chi connectivity index (χ3n) is 2.23. The normalized spacial score (nSPS) is 13.0. The minimum atomic E-state index is 0. The lowest BCUT2D eigenvalue weighted by atomic mass is 10.0. The summed E-state index contributed by atoms with van der Waals surface area (Å²) in [4.78, 5) is 0. The molecule has 98 valence electrons. The molecule has 4 heteroatoms. The summed E-state index contributed by atoms with van der Waals surface area (Å²) in [6.07, 6.45) is 0.786. The average molecular weight is 278 g/mol. The summed E-state index contributed by atoms with van der Waals surface area (Å²) in [6.45, 7) is 6.40. The van der Waals surface area contributed by atoms with Crippen LogP contribution in [0.5, 0.6) is 0 Å². The summed E-state index contributed by atoms with van der Waals surface area (Å²) in [5.41, 5.74) is 1.15. The van der Waals surface area contributed by atoms with Gasteiger partial charge in [0.2, 0.25) is 0 Å². The number of hydrogen-bond acceptors (Lipinski definition) is 2. The van der Waals surface area contributed by atoms with Gasteiger partial charge in [0.05, 0.1) is 6.61 Å². The Morgan fingerprint density at radius 3 is 2.47 bits per heavy atom. The molecule has 1 aromatic carbocycles. The molecule has 0 bridgehead atoms. The van der Waals surface area contributed by atoms with Crippen LogP contribution in [0.2, 0.25) is 5.02 Å². The van der Waals surface area contributed by atoms with Gasteiger partial charge in [0, 0.05) is 16.6 Å². The van der Waals surface area contributed by atoms with Crippen molar-refractivity contribution in [2.45, 2.75) is 38.8 Å². The molecule has 0 amide bonds. The Morgan fingerprint density at radius 2 is 2.00 bits per heavy atom. The van der Waals surface area contributed by atoms with E-state index in [9.17, 15) is 5.11 Å². The lowest BCUT2D eigenvalue weighted by Gasteiger charge is -2.27. The number of aliphatic hydroxyl groups excluding tert-OH is 1. The highest BCUT2D eigenvalue weighted by molar-refractivity contribution is 6.30. The van der Waals surface area contributed by atoms with Crippen LogP contribution in [0.3, 0.4) is 0 Å². The molecule has 0 heterocycles. The molecule has 0 aliphatic rings. The van der Waals surface area contributed by atoms with E-state index in [1.165, 1.54) is 0 Å². The molecule has 0 saturated carbocycles. The van der Waals surface area contributed by atoms with Gasteiger partial charge in [-0.2, -0.15) is 0 Å². The van der Waals surface area contributed by atoms with E-state index < -0.39 is 0 Å². The molecule has 2 nitrogen and oxygen atoms in total. The minimum absolute atomic E-state index is 0.